The van der Waals surface area contributed by atoms with Crippen LogP contribution >= 0.6 is 11.8 Å². The van der Waals surface area contributed by atoms with Crippen LogP contribution in [0, 0.1) is 11.8 Å². The van der Waals surface area contributed by atoms with Gasteiger partial charge < -0.3 is 10.0 Å². The second-order valence-electron chi connectivity index (χ2n) is 6.25. The van der Waals surface area contributed by atoms with Crippen molar-refractivity contribution in [2.45, 2.75) is 44.3 Å². The number of carbonyl (C=O) groups excluding carboxylic acids is 1. The zero-order valence-electron chi connectivity index (χ0n) is 11.7. The number of carbonyl (C=O) groups is 2. The fourth-order valence-electron chi connectivity index (χ4n) is 3.05. The predicted octanol–water partition coefficient (Wildman–Crippen LogP) is 2.23. The second-order valence-corrected chi connectivity index (χ2v) is 8.06. The van der Waals surface area contributed by atoms with Crippen molar-refractivity contribution in [1.29, 1.82) is 0 Å². The number of nitrogens with zero attached hydrogens (tertiary/aromatic N) is 1. The van der Waals surface area contributed by atoms with Crippen molar-refractivity contribution < 1.29 is 14.7 Å². The Morgan fingerprint density at radius 3 is 2.26 bits per heavy atom. The smallest absolute Gasteiger partial charge is 0.306 e. The molecule has 108 valence electrons. The minimum Gasteiger partial charge on any atom is -0.481 e. The zero-order chi connectivity index (χ0) is 14.0. The summed E-state index contributed by atoms with van der Waals surface area (Å²) in [7, 11) is 0. The Balaban J connectivity index is 1.89. The van der Waals surface area contributed by atoms with Gasteiger partial charge in [-0.05, 0) is 39.5 Å². The summed E-state index contributed by atoms with van der Waals surface area (Å²) in [5.41, 5.74) is 0. The van der Waals surface area contributed by atoms with Gasteiger partial charge in [0, 0.05) is 29.5 Å². The Bertz CT molecular complexity index is 362. The summed E-state index contributed by atoms with van der Waals surface area (Å²) in [5.74, 6) is 0.356. The highest BCUT2D eigenvalue weighted by Crippen LogP contribution is 2.34. The molecule has 2 fully saturated rings. The monoisotopic (exact) mass is 285 g/mol. The quantitative estimate of drug-likeness (QED) is 0.845. The van der Waals surface area contributed by atoms with Gasteiger partial charge in [0.05, 0.1) is 5.92 Å². The van der Waals surface area contributed by atoms with Gasteiger partial charge in [0.2, 0.25) is 5.91 Å². The van der Waals surface area contributed by atoms with Crippen molar-refractivity contribution in [3.63, 3.8) is 0 Å². The van der Waals surface area contributed by atoms with Gasteiger partial charge in [0.25, 0.3) is 0 Å². The molecule has 0 unspecified atom stereocenters. The lowest BCUT2D eigenvalue weighted by atomic mass is 9.81. The summed E-state index contributed by atoms with van der Waals surface area (Å²) in [6, 6.07) is 0. The SMILES string of the molecule is CC1(C)CN(C(=O)C2CCC(C(=O)O)CC2)CCS1. The van der Waals surface area contributed by atoms with Crippen LogP contribution in [0.25, 0.3) is 0 Å². The Kier molecular flexibility index (Phi) is 4.43. The fraction of sp³-hybridized carbons (Fsp3) is 0.857. The van der Waals surface area contributed by atoms with Crippen LogP contribution in [0.4, 0.5) is 0 Å². The second kappa shape index (κ2) is 5.73. The van der Waals surface area contributed by atoms with Crippen molar-refractivity contribution in [2.75, 3.05) is 18.8 Å². The van der Waals surface area contributed by atoms with E-state index < -0.39 is 5.97 Å². The third kappa shape index (κ3) is 3.65. The van der Waals surface area contributed by atoms with Crippen LogP contribution in [0.15, 0.2) is 0 Å². The summed E-state index contributed by atoms with van der Waals surface area (Å²) in [4.78, 5) is 25.4. The van der Waals surface area contributed by atoms with Crippen LogP contribution < -0.4 is 0 Å². The average Bonchev–Trinajstić information content (AvgIpc) is 2.37. The molecule has 0 spiro atoms. The molecule has 19 heavy (non-hydrogen) atoms. The summed E-state index contributed by atoms with van der Waals surface area (Å²) in [5, 5.41) is 8.98. The summed E-state index contributed by atoms with van der Waals surface area (Å²) in [6.45, 7) is 6.01. The van der Waals surface area contributed by atoms with Gasteiger partial charge in [-0.15, -0.1) is 0 Å². The van der Waals surface area contributed by atoms with Gasteiger partial charge in [-0.25, -0.2) is 0 Å². The third-order valence-electron chi connectivity index (χ3n) is 4.16. The van der Waals surface area contributed by atoms with Gasteiger partial charge in [0.1, 0.15) is 0 Å². The lowest BCUT2D eigenvalue weighted by Crippen LogP contribution is -2.48. The van der Waals surface area contributed by atoms with Crippen LogP contribution in [-0.4, -0.2) is 45.5 Å². The number of rotatable bonds is 2. The third-order valence-corrected chi connectivity index (χ3v) is 5.46. The maximum Gasteiger partial charge on any atom is 0.306 e. The molecule has 2 rings (SSSR count). The van der Waals surface area contributed by atoms with E-state index in [9.17, 15) is 9.59 Å². The lowest BCUT2D eigenvalue weighted by molar-refractivity contribution is -0.145. The minimum absolute atomic E-state index is 0.0505. The van der Waals surface area contributed by atoms with Crippen molar-refractivity contribution in [1.82, 2.24) is 4.90 Å². The van der Waals surface area contributed by atoms with Gasteiger partial charge >= 0.3 is 5.97 Å². The van der Waals surface area contributed by atoms with Crippen molar-refractivity contribution in [3.8, 4) is 0 Å². The first-order valence-corrected chi connectivity index (χ1v) is 8.03. The first-order chi connectivity index (χ1) is 8.89. The van der Waals surface area contributed by atoms with Gasteiger partial charge in [-0.3, -0.25) is 9.59 Å². The maximum absolute atomic E-state index is 12.5. The summed E-state index contributed by atoms with van der Waals surface area (Å²) < 4.78 is 0.145. The molecule has 1 N–H and O–H groups in total. The van der Waals surface area contributed by atoms with Crippen LogP contribution in [0.1, 0.15) is 39.5 Å². The minimum atomic E-state index is -0.707. The molecule has 1 saturated carbocycles. The highest BCUT2D eigenvalue weighted by atomic mass is 32.2. The molecule has 0 aromatic heterocycles. The van der Waals surface area contributed by atoms with Crippen molar-refractivity contribution in [2.24, 2.45) is 11.8 Å². The Labute approximate surface area is 118 Å². The normalized spacial score (nSPS) is 30.9. The molecule has 1 aliphatic carbocycles. The number of hydrogen-bond donors (Lipinski definition) is 1. The lowest BCUT2D eigenvalue weighted by Gasteiger charge is -2.40. The van der Waals surface area contributed by atoms with Crippen molar-refractivity contribution >= 4 is 23.6 Å². The van der Waals surface area contributed by atoms with E-state index in [1.807, 2.05) is 16.7 Å². The molecule has 5 heteroatoms. The van der Waals surface area contributed by atoms with Crippen LogP contribution in [-0.2, 0) is 9.59 Å². The number of hydrogen-bond acceptors (Lipinski definition) is 3. The maximum atomic E-state index is 12.5. The highest BCUT2D eigenvalue weighted by molar-refractivity contribution is 8.00. The van der Waals surface area contributed by atoms with Gasteiger partial charge in [-0.2, -0.15) is 11.8 Å². The first-order valence-electron chi connectivity index (χ1n) is 7.04. The molecule has 0 radical (unpaired) electrons. The Hall–Kier alpha value is -0.710. The molecule has 0 aromatic carbocycles. The van der Waals surface area contributed by atoms with E-state index >= 15 is 0 Å². The van der Waals surface area contributed by atoms with Crippen LogP contribution in [0.2, 0.25) is 0 Å². The molecule has 0 atom stereocenters. The Morgan fingerprint density at radius 2 is 1.74 bits per heavy atom. The van der Waals surface area contributed by atoms with Gasteiger partial charge in [0.15, 0.2) is 0 Å². The van der Waals surface area contributed by atoms with E-state index in [2.05, 4.69) is 13.8 Å². The zero-order valence-corrected chi connectivity index (χ0v) is 12.5. The van der Waals surface area contributed by atoms with E-state index in [0.29, 0.717) is 12.8 Å². The number of aliphatic carboxylic acids is 1. The molecule has 0 bridgehead atoms. The number of thioether (sulfide) groups is 1. The standard InChI is InChI=1S/C14H23NO3S/c1-14(2)9-15(7-8-19-14)12(16)10-3-5-11(6-4-10)13(17)18/h10-11H,3-9H2,1-2H3,(H,17,18). The number of carboxylic acids is 1. The van der Waals surface area contributed by atoms with Crippen LogP contribution in [0.5, 0.6) is 0 Å². The summed E-state index contributed by atoms with van der Waals surface area (Å²) in [6.07, 6.45) is 2.77. The van der Waals surface area contributed by atoms with Crippen molar-refractivity contribution in [3.05, 3.63) is 0 Å². The molecule has 2 aliphatic rings. The molecule has 1 heterocycles. The van der Waals surface area contributed by atoms with E-state index in [1.165, 1.54) is 0 Å². The van der Waals surface area contributed by atoms with Crippen LogP contribution in [0.3, 0.4) is 0 Å². The predicted molar refractivity (Wildman–Crippen MR) is 76.2 cm³/mol. The van der Waals surface area contributed by atoms with E-state index in [4.69, 9.17) is 5.11 Å². The average molecular weight is 285 g/mol. The largest absolute Gasteiger partial charge is 0.481 e. The molecule has 4 nitrogen and oxygen atoms in total. The fourth-order valence-corrected chi connectivity index (χ4v) is 4.16. The molecule has 1 saturated heterocycles. The molecular weight excluding hydrogens is 262 g/mol. The number of amides is 1. The van der Waals surface area contributed by atoms with Gasteiger partial charge in [-0.1, -0.05) is 0 Å². The number of carboxylic acid groups (broad SMARTS) is 1. The summed E-state index contributed by atoms with van der Waals surface area (Å²) >= 11 is 1.92. The van der Waals surface area contributed by atoms with E-state index in [1.54, 1.807) is 0 Å². The molecule has 0 aromatic rings. The van der Waals surface area contributed by atoms with E-state index in [-0.39, 0.29) is 22.5 Å². The Morgan fingerprint density at radius 1 is 1.16 bits per heavy atom. The first kappa shape index (κ1) is 14.7. The highest BCUT2D eigenvalue weighted by Gasteiger charge is 2.35. The molecule has 1 aliphatic heterocycles. The van der Waals surface area contributed by atoms with E-state index in [0.717, 1.165) is 31.7 Å². The molecular formula is C14H23NO3S. The topological polar surface area (TPSA) is 57.6 Å². The molecule has 1 amide bonds.